The molecule has 1 saturated heterocycles. The van der Waals surface area contributed by atoms with Crippen molar-refractivity contribution in [1.82, 2.24) is 10.2 Å². The SMILES string of the molecule is CC(C)C1COCCN1C1CCC(NC(=O)OC(C)(C)C)CC1. The van der Waals surface area contributed by atoms with Crippen LogP contribution in [0.25, 0.3) is 0 Å². The average molecular weight is 326 g/mol. The molecule has 1 aliphatic carbocycles. The van der Waals surface area contributed by atoms with Crippen molar-refractivity contribution in [3.05, 3.63) is 0 Å². The third kappa shape index (κ3) is 5.64. The molecular weight excluding hydrogens is 292 g/mol. The first-order valence-corrected chi connectivity index (χ1v) is 9.09. The zero-order valence-electron chi connectivity index (χ0n) is 15.4. The first-order valence-electron chi connectivity index (χ1n) is 9.09. The molecule has 1 aliphatic heterocycles. The van der Waals surface area contributed by atoms with Gasteiger partial charge in [0.05, 0.1) is 13.2 Å². The highest BCUT2D eigenvalue weighted by molar-refractivity contribution is 5.68. The molecular formula is C18H34N2O3. The van der Waals surface area contributed by atoms with Crippen LogP contribution in [0.1, 0.15) is 60.3 Å². The van der Waals surface area contributed by atoms with E-state index in [1.54, 1.807) is 0 Å². The normalized spacial score (nSPS) is 30.3. The number of nitrogens with zero attached hydrogens (tertiary/aromatic N) is 1. The lowest BCUT2D eigenvalue weighted by Crippen LogP contribution is -2.54. The maximum absolute atomic E-state index is 11.9. The molecule has 0 spiro atoms. The van der Waals surface area contributed by atoms with Gasteiger partial charge in [0.1, 0.15) is 5.60 Å². The van der Waals surface area contributed by atoms with Crippen LogP contribution >= 0.6 is 0 Å². The summed E-state index contributed by atoms with van der Waals surface area (Å²) in [5.41, 5.74) is -0.431. The van der Waals surface area contributed by atoms with Gasteiger partial charge in [-0.25, -0.2) is 4.79 Å². The molecule has 134 valence electrons. The van der Waals surface area contributed by atoms with Crippen molar-refractivity contribution < 1.29 is 14.3 Å². The van der Waals surface area contributed by atoms with Crippen molar-refractivity contribution >= 4 is 6.09 Å². The number of ether oxygens (including phenoxy) is 2. The standard InChI is InChI=1S/C18H34N2O3/c1-13(2)16-12-22-11-10-20(16)15-8-6-14(7-9-15)19-17(21)23-18(3,4)5/h13-16H,6-12H2,1-5H3,(H,19,21). The van der Waals surface area contributed by atoms with Crippen molar-refractivity contribution in [3.63, 3.8) is 0 Å². The van der Waals surface area contributed by atoms with Crippen LogP contribution in [-0.4, -0.2) is 54.5 Å². The van der Waals surface area contributed by atoms with E-state index < -0.39 is 5.60 Å². The van der Waals surface area contributed by atoms with Gasteiger partial charge in [-0.15, -0.1) is 0 Å². The van der Waals surface area contributed by atoms with Crippen LogP contribution in [0.2, 0.25) is 0 Å². The van der Waals surface area contributed by atoms with Gasteiger partial charge in [0.25, 0.3) is 0 Å². The lowest BCUT2D eigenvalue weighted by molar-refractivity contribution is -0.0531. The number of hydrogen-bond acceptors (Lipinski definition) is 4. The molecule has 2 rings (SSSR count). The van der Waals surface area contributed by atoms with E-state index >= 15 is 0 Å². The second-order valence-corrected chi connectivity index (χ2v) is 8.28. The first kappa shape index (κ1) is 18.5. The van der Waals surface area contributed by atoms with Crippen LogP contribution in [0.5, 0.6) is 0 Å². The number of rotatable bonds is 3. The second-order valence-electron chi connectivity index (χ2n) is 8.28. The maximum atomic E-state index is 11.9. The zero-order chi connectivity index (χ0) is 17.0. The number of alkyl carbamates (subject to hydrolysis) is 1. The fourth-order valence-electron chi connectivity index (χ4n) is 3.69. The minimum atomic E-state index is -0.431. The molecule has 1 heterocycles. The quantitative estimate of drug-likeness (QED) is 0.865. The summed E-state index contributed by atoms with van der Waals surface area (Å²) in [6.07, 6.45) is 4.07. The Kier molecular flexibility index (Phi) is 6.32. The van der Waals surface area contributed by atoms with Crippen molar-refractivity contribution in [2.75, 3.05) is 19.8 Å². The summed E-state index contributed by atoms with van der Waals surface area (Å²) in [5, 5.41) is 3.03. The predicted molar refractivity (Wildman–Crippen MR) is 91.6 cm³/mol. The largest absolute Gasteiger partial charge is 0.444 e. The van der Waals surface area contributed by atoms with Gasteiger partial charge in [0.15, 0.2) is 0 Å². The highest BCUT2D eigenvalue weighted by atomic mass is 16.6. The van der Waals surface area contributed by atoms with Crippen molar-refractivity contribution in [3.8, 4) is 0 Å². The molecule has 23 heavy (non-hydrogen) atoms. The summed E-state index contributed by atoms with van der Waals surface area (Å²) in [7, 11) is 0. The van der Waals surface area contributed by atoms with Gasteiger partial charge >= 0.3 is 6.09 Å². The van der Waals surface area contributed by atoms with Crippen LogP contribution in [0.4, 0.5) is 4.79 Å². The Morgan fingerprint density at radius 1 is 1.22 bits per heavy atom. The molecule has 1 amide bonds. The Morgan fingerprint density at radius 3 is 2.43 bits per heavy atom. The van der Waals surface area contributed by atoms with E-state index in [0.717, 1.165) is 45.4 Å². The van der Waals surface area contributed by atoms with Crippen LogP contribution < -0.4 is 5.32 Å². The van der Waals surface area contributed by atoms with E-state index in [-0.39, 0.29) is 12.1 Å². The minimum Gasteiger partial charge on any atom is -0.444 e. The lowest BCUT2D eigenvalue weighted by atomic mass is 9.88. The molecule has 1 atom stereocenters. The Bertz CT molecular complexity index is 384. The van der Waals surface area contributed by atoms with Crippen LogP contribution in [0.3, 0.4) is 0 Å². The number of carbonyl (C=O) groups is 1. The van der Waals surface area contributed by atoms with Gasteiger partial charge in [0, 0.05) is 24.7 Å². The van der Waals surface area contributed by atoms with Crippen LogP contribution in [0.15, 0.2) is 0 Å². The Hall–Kier alpha value is -0.810. The summed E-state index contributed by atoms with van der Waals surface area (Å²) in [6.45, 7) is 13.0. The van der Waals surface area contributed by atoms with E-state index in [1.807, 2.05) is 20.8 Å². The molecule has 0 aromatic carbocycles. The number of amides is 1. The molecule has 2 aliphatic rings. The number of nitrogens with one attached hydrogen (secondary N) is 1. The third-order valence-corrected chi connectivity index (χ3v) is 4.86. The summed E-state index contributed by atoms with van der Waals surface area (Å²) >= 11 is 0. The fraction of sp³-hybridized carbons (Fsp3) is 0.944. The fourth-order valence-corrected chi connectivity index (χ4v) is 3.69. The van der Waals surface area contributed by atoms with Gasteiger partial charge in [0.2, 0.25) is 0 Å². The molecule has 5 heteroatoms. The monoisotopic (exact) mass is 326 g/mol. The van der Waals surface area contributed by atoms with Crippen LogP contribution in [-0.2, 0) is 9.47 Å². The number of hydrogen-bond donors (Lipinski definition) is 1. The second kappa shape index (κ2) is 7.84. The van der Waals surface area contributed by atoms with E-state index in [0.29, 0.717) is 18.0 Å². The molecule has 0 radical (unpaired) electrons. The molecule has 0 aromatic heterocycles. The highest BCUT2D eigenvalue weighted by Crippen LogP contribution is 2.28. The summed E-state index contributed by atoms with van der Waals surface area (Å²) in [6, 6.07) is 1.41. The van der Waals surface area contributed by atoms with Crippen molar-refractivity contribution in [2.45, 2.75) is 84.0 Å². The zero-order valence-corrected chi connectivity index (χ0v) is 15.4. The minimum absolute atomic E-state index is 0.250. The molecule has 1 N–H and O–H groups in total. The van der Waals surface area contributed by atoms with Gasteiger partial charge in [-0.2, -0.15) is 0 Å². The highest BCUT2D eigenvalue weighted by Gasteiger charge is 2.34. The van der Waals surface area contributed by atoms with Crippen LogP contribution in [0, 0.1) is 5.92 Å². The summed E-state index contributed by atoms with van der Waals surface area (Å²) in [4.78, 5) is 14.5. The van der Waals surface area contributed by atoms with E-state index in [1.165, 1.54) is 0 Å². The van der Waals surface area contributed by atoms with Gasteiger partial charge in [-0.3, -0.25) is 4.90 Å². The molecule has 0 bridgehead atoms. The maximum Gasteiger partial charge on any atom is 0.407 e. The topological polar surface area (TPSA) is 50.8 Å². The predicted octanol–water partition coefficient (Wildman–Crippen LogP) is 3.18. The van der Waals surface area contributed by atoms with Gasteiger partial charge < -0.3 is 14.8 Å². The number of morpholine rings is 1. The van der Waals surface area contributed by atoms with Gasteiger partial charge in [-0.1, -0.05) is 13.8 Å². The first-order chi connectivity index (χ1) is 10.8. The van der Waals surface area contributed by atoms with E-state index in [2.05, 4.69) is 24.1 Å². The molecule has 0 aromatic rings. The lowest BCUT2D eigenvalue weighted by Gasteiger charge is -2.45. The third-order valence-electron chi connectivity index (χ3n) is 4.86. The average Bonchev–Trinajstić information content (AvgIpc) is 2.46. The molecule has 2 fully saturated rings. The Balaban J connectivity index is 1.80. The number of carbonyl (C=O) groups excluding carboxylic acids is 1. The van der Waals surface area contributed by atoms with Gasteiger partial charge in [-0.05, 0) is 52.4 Å². The molecule has 5 nitrogen and oxygen atoms in total. The van der Waals surface area contributed by atoms with E-state index in [9.17, 15) is 4.79 Å². The molecule has 1 unspecified atom stereocenters. The molecule has 1 saturated carbocycles. The van der Waals surface area contributed by atoms with Crippen molar-refractivity contribution in [1.29, 1.82) is 0 Å². The summed E-state index contributed by atoms with van der Waals surface area (Å²) < 4.78 is 11.0. The Labute approximate surface area is 141 Å². The Morgan fingerprint density at radius 2 is 1.87 bits per heavy atom. The summed E-state index contributed by atoms with van der Waals surface area (Å²) in [5.74, 6) is 0.618. The van der Waals surface area contributed by atoms with Crippen molar-refractivity contribution in [2.24, 2.45) is 5.92 Å². The van der Waals surface area contributed by atoms with E-state index in [4.69, 9.17) is 9.47 Å². The smallest absolute Gasteiger partial charge is 0.407 e.